The number of aromatic amines is 1. The maximum absolute atomic E-state index is 12.3. The van der Waals surface area contributed by atoms with Crippen LogP contribution >= 0.6 is 11.1 Å². The Morgan fingerprint density at radius 2 is 2.09 bits per heavy atom. The highest BCUT2D eigenvalue weighted by Crippen LogP contribution is 2.32. The molecule has 3 N–H and O–H groups in total. The van der Waals surface area contributed by atoms with E-state index in [1.165, 1.54) is 11.0 Å². The number of H-pyrrole nitrogens is 1. The van der Waals surface area contributed by atoms with Crippen LogP contribution in [0.1, 0.15) is 55.4 Å². The van der Waals surface area contributed by atoms with E-state index >= 15 is 0 Å². The Hall–Kier alpha value is -3.37. The van der Waals surface area contributed by atoms with E-state index in [-0.39, 0.29) is 39.6 Å². The van der Waals surface area contributed by atoms with Crippen molar-refractivity contribution < 1.29 is 18.9 Å². The molecule has 176 valence electrons. The number of phenols is 1. The largest absolute Gasteiger partial charge is 0.548 e. The van der Waals surface area contributed by atoms with Gasteiger partial charge in [0.2, 0.25) is 11.3 Å². The van der Waals surface area contributed by atoms with E-state index in [0.29, 0.717) is 5.76 Å². The van der Waals surface area contributed by atoms with E-state index in [0.717, 1.165) is 11.1 Å². The summed E-state index contributed by atoms with van der Waals surface area (Å²) in [7, 11) is 3.19. The van der Waals surface area contributed by atoms with Crippen LogP contribution in [0.3, 0.4) is 0 Å². The molecule has 0 spiro atoms. The number of furan rings is 1. The van der Waals surface area contributed by atoms with Gasteiger partial charge in [0.1, 0.15) is 11.8 Å². The number of anilines is 2. The van der Waals surface area contributed by atoms with Crippen molar-refractivity contribution in [3.8, 4) is 5.75 Å². The minimum absolute atomic E-state index is 0.0949. The van der Waals surface area contributed by atoms with E-state index in [2.05, 4.69) is 46.4 Å². The Morgan fingerprint density at radius 3 is 2.67 bits per heavy atom. The van der Waals surface area contributed by atoms with Gasteiger partial charge in [-0.25, -0.2) is 4.99 Å². The first-order valence-corrected chi connectivity index (χ1v) is 11.4. The van der Waals surface area contributed by atoms with Gasteiger partial charge < -0.3 is 24.3 Å². The molecule has 1 amide bonds. The Balaban J connectivity index is 2.02. The summed E-state index contributed by atoms with van der Waals surface area (Å²) in [6, 6.07) is 6.12. The Morgan fingerprint density at radius 1 is 1.39 bits per heavy atom. The van der Waals surface area contributed by atoms with Gasteiger partial charge in [0.25, 0.3) is 5.91 Å². The van der Waals surface area contributed by atoms with Crippen LogP contribution in [0.25, 0.3) is 0 Å². The smallest absolute Gasteiger partial charge is 0.257 e. The fourth-order valence-corrected chi connectivity index (χ4v) is 3.73. The van der Waals surface area contributed by atoms with Gasteiger partial charge in [0.05, 0.1) is 17.5 Å². The van der Waals surface area contributed by atoms with Crippen LogP contribution in [-0.4, -0.2) is 43.3 Å². The maximum Gasteiger partial charge on any atom is 0.257 e. The van der Waals surface area contributed by atoms with E-state index in [1.807, 2.05) is 13.0 Å². The van der Waals surface area contributed by atoms with Crippen molar-refractivity contribution in [2.75, 3.05) is 19.4 Å². The number of carbonyl (C=O) groups excluding carboxylic acids is 1. The molecular weight excluding hydrogens is 442 g/mol. The number of amides is 1. The molecule has 1 unspecified atom stereocenters. The molecule has 10 heteroatoms. The van der Waals surface area contributed by atoms with E-state index in [4.69, 9.17) is 4.42 Å². The maximum atomic E-state index is 12.3. The number of carbonyl (C=O) groups is 1. The van der Waals surface area contributed by atoms with Crippen LogP contribution in [0, 0.1) is 0 Å². The van der Waals surface area contributed by atoms with Crippen molar-refractivity contribution in [1.82, 2.24) is 13.6 Å². The summed E-state index contributed by atoms with van der Waals surface area (Å²) in [6.45, 7) is 12.1. The molecule has 2 aromatic heterocycles. The number of hydrogen-bond donors (Lipinski definition) is 3. The summed E-state index contributed by atoms with van der Waals surface area (Å²) < 4.78 is 24.7. The van der Waals surface area contributed by atoms with E-state index < -0.39 is 17.2 Å². The second-order valence-corrected chi connectivity index (χ2v) is 9.92. The molecule has 33 heavy (non-hydrogen) atoms. The number of hydrogen-bond acceptors (Lipinski definition) is 7. The molecule has 0 saturated carbocycles. The lowest BCUT2D eigenvalue weighted by atomic mass is 9.89. The van der Waals surface area contributed by atoms with Gasteiger partial charge in [0.15, 0.2) is 16.9 Å². The molecule has 0 fully saturated rings. The number of phenolic OH excluding ortho intramolecular Hbond substituents is 1. The SMILES string of the molecule is C=C(C)[C@@H](N=c1[nH][s+]([O-])nc1Nc1cccc(C(=O)N(C)C)c1O)c1cc(C(C)(C)C)co1. The summed E-state index contributed by atoms with van der Waals surface area (Å²) in [4.78, 5) is 18.3. The van der Waals surface area contributed by atoms with Gasteiger partial charge in [-0.1, -0.05) is 33.4 Å². The highest BCUT2D eigenvalue weighted by molar-refractivity contribution is 7.13. The first-order valence-electron chi connectivity index (χ1n) is 10.3. The van der Waals surface area contributed by atoms with Crippen molar-refractivity contribution in [3.05, 3.63) is 65.1 Å². The fourth-order valence-electron chi connectivity index (χ4n) is 3.07. The highest BCUT2D eigenvalue weighted by Gasteiger charge is 2.23. The van der Waals surface area contributed by atoms with Crippen molar-refractivity contribution in [3.63, 3.8) is 0 Å². The number of benzene rings is 1. The quantitative estimate of drug-likeness (QED) is 0.278. The second-order valence-electron chi connectivity index (χ2n) is 9.03. The van der Waals surface area contributed by atoms with Gasteiger partial charge in [-0.05, 0) is 41.7 Å². The molecule has 0 aliphatic heterocycles. The zero-order valence-corrected chi connectivity index (χ0v) is 20.4. The summed E-state index contributed by atoms with van der Waals surface area (Å²) in [5, 5.41) is 13.5. The minimum Gasteiger partial charge on any atom is -0.548 e. The summed E-state index contributed by atoms with van der Waals surface area (Å²) in [5.74, 6) is 0.162. The molecule has 0 bridgehead atoms. The number of rotatable bonds is 6. The predicted molar refractivity (Wildman–Crippen MR) is 127 cm³/mol. The molecule has 0 aliphatic rings. The molecule has 0 aliphatic carbocycles. The first kappa shape index (κ1) is 24.3. The Labute approximate surface area is 195 Å². The van der Waals surface area contributed by atoms with Gasteiger partial charge in [-0.15, -0.1) is 4.37 Å². The third-order valence-corrected chi connectivity index (χ3v) is 5.70. The average molecular weight is 472 g/mol. The summed E-state index contributed by atoms with van der Waals surface area (Å²) in [6.07, 6.45) is 1.70. The lowest BCUT2D eigenvalue weighted by molar-refractivity contribution is 0.0824. The fraction of sp³-hybridized carbons (Fsp3) is 0.348. The van der Waals surface area contributed by atoms with Crippen LogP contribution in [0.15, 0.2) is 52.1 Å². The minimum atomic E-state index is -1.75. The molecule has 0 saturated heterocycles. The van der Waals surface area contributed by atoms with Crippen LogP contribution in [-0.2, 0) is 5.41 Å². The highest BCUT2D eigenvalue weighted by atomic mass is 32.2. The Kier molecular flexibility index (Phi) is 6.80. The van der Waals surface area contributed by atoms with Gasteiger partial charge >= 0.3 is 0 Å². The molecule has 0 radical (unpaired) electrons. The third kappa shape index (κ3) is 5.35. The monoisotopic (exact) mass is 471 g/mol. The molecule has 2 atom stereocenters. The second kappa shape index (κ2) is 9.24. The van der Waals surface area contributed by atoms with E-state index in [9.17, 15) is 14.5 Å². The zero-order chi connectivity index (χ0) is 24.5. The van der Waals surface area contributed by atoms with Crippen LogP contribution in [0.2, 0.25) is 0 Å². The standard InChI is InChI=1S/C23H29N5O4S/c1-13(2)18(17-11-14(12-32-17)23(3,4)5)25-21-20(26-33(31)27-21)24-16-10-8-9-15(19(16)29)22(30)28(6)7/h8-12,18,29H,1H2,2-7H3,(H,24,26)(H,25,27)/t18-,33?/m1/s1. The molecule has 2 heterocycles. The van der Waals surface area contributed by atoms with Crippen molar-refractivity contribution in [2.24, 2.45) is 4.99 Å². The summed E-state index contributed by atoms with van der Waals surface area (Å²) >= 11 is -1.75. The number of nitrogens with zero attached hydrogens (tertiary/aromatic N) is 3. The van der Waals surface area contributed by atoms with Crippen molar-refractivity contribution in [2.45, 2.75) is 39.2 Å². The number of nitrogens with one attached hydrogen (secondary N) is 2. The normalized spacial score (nSPS) is 13.7. The lowest BCUT2D eigenvalue weighted by Crippen LogP contribution is -2.22. The van der Waals surface area contributed by atoms with Crippen LogP contribution in [0.5, 0.6) is 5.75 Å². The third-order valence-electron chi connectivity index (χ3n) is 4.99. The molecule has 1 aromatic carbocycles. The summed E-state index contributed by atoms with van der Waals surface area (Å²) in [5.41, 5.74) is 2.22. The lowest BCUT2D eigenvalue weighted by Gasteiger charge is -2.15. The van der Waals surface area contributed by atoms with Crippen LogP contribution < -0.4 is 10.8 Å². The first-order chi connectivity index (χ1) is 15.4. The number of aromatic hydroxyl groups is 1. The molecule has 3 aromatic rings. The molecule has 9 nitrogen and oxygen atoms in total. The van der Waals surface area contributed by atoms with Crippen molar-refractivity contribution >= 4 is 28.6 Å². The number of para-hydroxylation sites is 1. The van der Waals surface area contributed by atoms with Gasteiger partial charge in [-0.2, -0.15) is 0 Å². The average Bonchev–Trinajstić information content (AvgIpc) is 3.33. The molecule has 3 rings (SSSR count). The topological polar surface area (TPSA) is 130 Å². The zero-order valence-electron chi connectivity index (χ0n) is 19.6. The van der Waals surface area contributed by atoms with Gasteiger partial charge in [-0.3, -0.25) is 4.79 Å². The van der Waals surface area contributed by atoms with Crippen LogP contribution in [0.4, 0.5) is 11.5 Å². The predicted octanol–water partition coefficient (Wildman–Crippen LogP) is 4.40. The Bertz CT molecular complexity index is 1250. The molecular formula is C23H29N5O4S. The van der Waals surface area contributed by atoms with Gasteiger partial charge in [0, 0.05) is 18.5 Å². The van der Waals surface area contributed by atoms with Crippen molar-refractivity contribution in [1.29, 1.82) is 0 Å². The van der Waals surface area contributed by atoms with E-state index in [1.54, 1.807) is 32.5 Å². The number of aromatic nitrogens is 2.